The SMILES string of the molecule is O=C(Nc1ccc(F)cc1)[C@@H](Cc1ccccc1)c1nn[nH]n1. The molecule has 116 valence electrons. The average Bonchev–Trinajstić information content (AvgIpc) is 3.10. The van der Waals surface area contributed by atoms with Crippen molar-refractivity contribution in [2.75, 3.05) is 5.32 Å². The van der Waals surface area contributed by atoms with Crippen molar-refractivity contribution in [3.8, 4) is 0 Å². The van der Waals surface area contributed by atoms with Gasteiger partial charge in [-0.15, -0.1) is 10.2 Å². The maximum absolute atomic E-state index is 12.9. The quantitative estimate of drug-likeness (QED) is 0.757. The Morgan fingerprint density at radius 3 is 2.52 bits per heavy atom. The van der Waals surface area contributed by atoms with Crippen LogP contribution >= 0.6 is 0 Å². The Morgan fingerprint density at radius 2 is 1.87 bits per heavy atom. The molecule has 1 heterocycles. The van der Waals surface area contributed by atoms with Crippen molar-refractivity contribution in [3.05, 3.63) is 71.8 Å². The van der Waals surface area contributed by atoms with Crippen molar-refractivity contribution in [2.24, 2.45) is 0 Å². The molecule has 1 atom stereocenters. The number of amides is 1. The first-order chi connectivity index (χ1) is 11.2. The normalized spacial score (nSPS) is 11.9. The maximum atomic E-state index is 12.9. The number of nitrogens with zero attached hydrogens (tertiary/aromatic N) is 3. The van der Waals surface area contributed by atoms with Gasteiger partial charge in [0.05, 0.1) is 0 Å². The lowest BCUT2D eigenvalue weighted by Crippen LogP contribution is -2.24. The second-order valence-electron chi connectivity index (χ2n) is 5.01. The zero-order valence-electron chi connectivity index (χ0n) is 12.1. The standard InChI is InChI=1S/C16H14FN5O/c17-12-6-8-13(9-7-12)18-16(23)14(15-19-21-22-20-15)10-11-4-2-1-3-5-11/h1-9,14H,10H2,(H,18,23)(H,19,20,21,22)/t14-/m0/s1. The van der Waals surface area contributed by atoms with E-state index in [1.165, 1.54) is 24.3 Å². The van der Waals surface area contributed by atoms with Gasteiger partial charge < -0.3 is 5.32 Å². The van der Waals surface area contributed by atoms with Crippen molar-refractivity contribution in [1.29, 1.82) is 0 Å². The summed E-state index contributed by atoms with van der Waals surface area (Å²) in [7, 11) is 0. The summed E-state index contributed by atoms with van der Waals surface area (Å²) in [5.74, 6) is -0.918. The van der Waals surface area contributed by atoms with Crippen LogP contribution in [0.15, 0.2) is 54.6 Å². The zero-order chi connectivity index (χ0) is 16.1. The molecule has 0 spiro atoms. The number of rotatable bonds is 5. The van der Waals surface area contributed by atoms with Gasteiger partial charge in [0.2, 0.25) is 5.91 Å². The fourth-order valence-electron chi connectivity index (χ4n) is 2.23. The lowest BCUT2D eigenvalue weighted by molar-refractivity contribution is -0.117. The summed E-state index contributed by atoms with van der Waals surface area (Å²) in [4.78, 5) is 12.6. The van der Waals surface area contributed by atoms with Gasteiger partial charge in [-0.05, 0) is 36.2 Å². The molecule has 0 fully saturated rings. The van der Waals surface area contributed by atoms with E-state index < -0.39 is 5.92 Å². The first-order valence-corrected chi connectivity index (χ1v) is 7.06. The fraction of sp³-hybridized carbons (Fsp3) is 0.125. The van der Waals surface area contributed by atoms with Gasteiger partial charge in [-0.2, -0.15) is 5.21 Å². The van der Waals surface area contributed by atoms with E-state index in [1.54, 1.807) is 0 Å². The second kappa shape index (κ2) is 6.78. The molecule has 2 N–H and O–H groups in total. The predicted molar refractivity (Wildman–Crippen MR) is 82.1 cm³/mol. The van der Waals surface area contributed by atoms with Crippen LogP contribution in [0.4, 0.5) is 10.1 Å². The number of hydrogen-bond donors (Lipinski definition) is 2. The first kappa shape index (κ1) is 14.8. The third-order valence-corrected chi connectivity index (χ3v) is 3.38. The largest absolute Gasteiger partial charge is 0.325 e. The van der Waals surface area contributed by atoms with Crippen LogP contribution in [-0.2, 0) is 11.2 Å². The van der Waals surface area contributed by atoms with Gasteiger partial charge >= 0.3 is 0 Å². The molecule has 0 saturated heterocycles. The van der Waals surface area contributed by atoms with Crippen LogP contribution in [0.3, 0.4) is 0 Å². The minimum absolute atomic E-state index is 0.276. The van der Waals surface area contributed by atoms with Crippen molar-refractivity contribution >= 4 is 11.6 Å². The number of hydrogen-bond acceptors (Lipinski definition) is 4. The van der Waals surface area contributed by atoms with Crippen LogP contribution in [0.2, 0.25) is 0 Å². The van der Waals surface area contributed by atoms with Gasteiger partial charge in [0.1, 0.15) is 11.7 Å². The molecule has 23 heavy (non-hydrogen) atoms. The van der Waals surface area contributed by atoms with E-state index in [2.05, 4.69) is 25.9 Å². The molecule has 2 aromatic carbocycles. The van der Waals surface area contributed by atoms with Gasteiger partial charge in [0.25, 0.3) is 0 Å². The number of nitrogens with one attached hydrogen (secondary N) is 2. The number of carbonyl (C=O) groups excluding carboxylic acids is 1. The lowest BCUT2D eigenvalue weighted by atomic mass is 9.97. The van der Waals surface area contributed by atoms with E-state index >= 15 is 0 Å². The molecule has 3 aromatic rings. The van der Waals surface area contributed by atoms with Crippen molar-refractivity contribution in [1.82, 2.24) is 20.6 Å². The molecule has 0 saturated carbocycles. The summed E-state index contributed by atoms with van der Waals surface area (Å²) < 4.78 is 12.9. The van der Waals surface area contributed by atoms with Gasteiger partial charge in [-0.25, -0.2) is 4.39 Å². The molecule has 0 aliphatic heterocycles. The van der Waals surface area contributed by atoms with Crippen LogP contribution in [0.1, 0.15) is 17.3 Å². The lowest BCUT2D eigenvalue weighted by Gasteiger charge is -2.13. The molecule has 1 aromatic heterocycles. The molecule has 6 nitrogen and oxygen atoms in total. The van der Waals surface area contributed by atoms with Crippen LogP contribution in [0.5, 0.6) is 0 Å². The molecule has 0 unspecified atom stereocenters. The van der Waals surface area contributed by atoms with E-state index in [1.807, 2.05) is 30.3 Å². The molecule has 1 amide bonds. The van der Waals surface area contributed by atoms with Gasteiger partial charge in [-0.1, -0.05) is 35.5 Å². The Morgan fingerprint density at radius 1 is 1.13 bits per heavy atom. The second-order valence-corrected chi connectivity index (χ2v) is 5.01. The monoisotopic (exact) mass is 311 g/mol. The maximum Gasteiger partial charge on any atom is 0.235 e. The predicted octanol–water partition coefficient (Wildman–Crippen LogP) is 2.30. The number of halogens is 1. The third kappa shape index (κ3) is 3.76. The van der Waals surface area contributed by atoms with Crippen molar-refractivity contribution in [2.45, 2.75) is 12.3 Å². The molecular weight excluding hydrogens is 297 g/mol. The van der Waals surface area contributed by atoms with Crippen LogP contribution in [-0.4, -0.2) is 26.5 Å². The number of anilines is 1. The summed E-state index contributed by atoms with van der Waals surface area (Å²) >= 11 is 0. The van der Waals surface area contributed by atoms with Crippen LogP contribution in [0.25, 0.3) is 0 Å². The number of benzene rings is 2. The Bertz CT molecular complexity index is 759. The van der Waals surface area contributed by atoms with Crippen molar-refractivity contribution in [3.63, 3.8) is 0 Å². The fourth-order valence-corrected chi connectivity index (χ4v) is 2.23. The first-order valence-electron chi connectivity index (χ1n) is 7.06. The van der Waals surface area contributed by atoms with E-state index in [4.69, 9.17) is 0 Å². The summed E-state index contributed by atoms with van der Waals surface area (Å²) in [5.41, 5.74) is 1.49. The van der Waals surface area contributed by atoms with Gasteiger partial charge in [-0.3, -0.25) is 4.79 Å². The molecule has 3 rings (SSSR count). The summed E-state index contributed by atoms with van der Waals surface area (Å²) in [6.07, 6.45) is 0.438. The molecular formula is C16H14FN5O. The van der Waals surface area contributed by atoms with E-state index in [0.717, 1.165) is 5.56 Å². The Balaban J connectivity index is 1.80. The summed E-state index contributed by atoms with van der Waals surface area (Å²) in [5, 5.41) is 16.5. The van der Waals surface area contributed by atoms with E-state index in [9.17, 15) is 9.18 Å². The molecule has 0 aliphatic rings. The highest BCUT2D eigenvalue weighted by molar-refractivity contribution is 5.95. The molecule has 0 aliphatic carbocycles. The zero-order valence-corrected chi connectivity index (χ0v) is 12.1. The topological polar surface area (TPSA) is 83.6 Å². The number of aromatic nitrogens is 4. The van der Waals surface area contributed by atoms with Gasteiger partial charge in [0, 0.05) is 5.69 Å². The van der Waals surface area contributed by atoms with Crippen LogP contribution < -0.4 is 5.32 Å². The number of H-pyrrole nitrogens is 1. The van der Waals surface area contributed by atoms with Gasteiger partial charge in [0.15, 0.2) is 5.82 Å². The molecule has 0 radical (unpaired) electrons. The Kier molecular flexibility index (Phi) is 4.37. The van der Waals surface area contributed by atoms with E-state index in [-0.39, 0.29) is 11.7 Å². The number of carbonyl (C=O) groups is 1. The molecule has 0 bridgehead atoms. The minimum atomic E-state index is -0.596. The highest BCUT2D eigenvalue weighted by Crippen LogP contribution is 2.20. The third-order valence-electron chi connectivity index (χ3n) is 3.38. The summed E-state index contributed by atoms with van der Waals surface area (Å²) in [6, 6.07) is 15.2. The van der Waals surface area contributed by atoms with E-state index in [0.29, 0.717) is 17.9 Å². The Hall–Kier alpha value is -3.09. The molecule has 7 heteroatoms. The highest BCUT2D eigenvalue weighted by atomic mass is 19.1. The smallest absolute Gasteiger partial charge is 0.235 e. The number of tetrazole rings is 1. The van der Waals surface area contributed by atoms with Crippen molar-refractivity contribution < 1.29 is 9.18 Å². The Labute approximate surface area is 131 Å². The summed E-state index contributed by atoms with van der Waals surface area (Å²) in [6.45, 7) is 0. The number of aromatic amines is 1. The minimum Gasteiger partial charge on any atom is -0.325 e. The average molecular weight is 311 g/mol. The van der Waals surface area contributed by atoms with Crippen LogP contribution in [0, 0.1) is 5.82 Å². The highest BCUT2D eigenvalue weighted by Gasteiger charge is 2.25.